The summed E-state index contributed by atoms with van der Waals surface area (Å²) in [5, 5.41) is 3.68. The number of oxime groups is 1. The number of hydrogen-bond donors (Lipinski definition) is 1. The summed E-state index contributed by atoms with van der Waals surface area (Å²) in [4.78, 5) is 16.9. The maximum Gasteiger partial charge on any atom is 0.365 e. The molecule has 0 bridgehead atoms. The summed E-state index contributed by atoms with van der Waals surface area (Å²) in [6.45, 7) is 0. The van der Waals surface area contributed by atoms with Gasteiger partial charge in [-0.2, -0.15) is 0 Å². The molecule has 0 spiro atoms. The molecular weight excluding hydrogens is 324 g/mol. The van der Waals surface area contributed by atoms with Crippen LogP contribution in [0.3, 0.4) is 0 Å². The molecule has 0 aliphatic heterocycles. The number of carbonyl (C=O) groups is 1. The van der Waals surface area contributed by atoms with Crippen molar-refractivity contribution in [2.75, 3.05) is 21.3 Å². The van der Waals surface area contributed by atoms with E-state index >= 15 is 0 Å². The van der Waals surface area contributed by atoms with Gasteiger partial charge in [0, 0.05) is 6.42 Å². The average Bonchev–Trinajstić information content (AvgIpc) is 2.65. The molecule has 7 nitrogen and oxygen atoms in total. The SMILES string of the molecule is COc1cccc(C(=O)O/N=C(/N)Cc2ccc(OC)c(OC)c2)c1. The minimum atomic E-state index is -0.617. The number of benzene rings is 2. The van der Waals surface area contributed by atoms with E-state index in [4.69, 9.17) is 24.8 Å². The van der Waals surface area contributed by atoms with E-state index in [1.165, 1.54) is 7.11 Å². The molecule has 2 aromatic rings. The van der Waals surface area contributed by atoms with Crippen molar-refractivity contribution in [3.8, 4) is 17.2 Å². The Bertz CT molecular complexity index is 774. The van der Waals surface area contributed by atoms with Crippen molar-refractivity contribution >= 4 is 11.8 Å². The molecule has 0 saturated heterocycles. The number of nitrogens with two attached hydrogens (primary N) is 1. The van der Waals surface area contributed by atoms with Gasteiger partial charge in [-0.1, -0.05) is 17.3 Å². The zero-order valence-corrected chi connectivity index (χ0v) is 14.3. The molecule has 2 rings (SSSR count). The first kappa shape index (κ1) is 18.1. The third kappa shape index (κ3) is 4.87. The summed E-state index contributed by atoms with van der Waals surface area (Å²) in [6, 6.07) is 12.0. The van der Waals surface area contributed by atoms with Gasteiger partial charge in [0.25, 0.3) is 0 Å². The Morgan fingerprint density at radius 2 is 1.76 bits per heavy atom. The molecule has 2 N–H and O–H groups in total. The van der Waals surface area contributed by atoms with Crippen LogP contribution in [0.1, 0.15) is 15.9 Å². The number of nitrogens with zero attached hydrogens (tertiary/aromatic N) is 1. The fraction of sp³-hybridized carbons (Fsp3) is 0.222. The van der Waals surface area contributed by atoms with Gasteiger partial charge >= 0.3 is 5.97 Å². The molecule has 0 amide bonds. The highest BCUT2D eigenvalue weighted by molar-refractivity contribution is 5.91. The van der Waals surface area contributed by atoms with E-state index in [0.29, 0.717) is 29.2 Å². The van der Waals surface area contributed by atoms with Gasteiger partial charge in [-0.05, 0) is 35.9 Å². The molecule has 0 aliphatic rings. The molecule has 0 radical (unpaired) electrons. The summed E-state index contributed by atoms with van der Waals surface area (Å²) in [6.07, 6.45) is 0.297. The number of carbonyl (C=O) groups excluding carboxylic acids is 1. The highest BCUT2D eigenvalue weighted by Gasteiger charge is 2.10. The Balaban J connectivity index is 2.02. The third-order valence-corrected chi connectivity index (χ3v) is 3.38. The molecule has 0 atom stereocenters. The fourth-order valence-corrected chi connectivity index (χ4v) is 2.13. The van der Waals surface area contributed by atoms with Crippen LogP contribution in [0, 0.1) is 0 Å². The Kier molecular flexibility index (Phi) is 6.22. The van der Waals surface area contributed by atoms with Gasteiger partial charge in [-0.25, -0.2) is 4.79 Å². The van der Waals surface area contributed by atoms with Crippen molar-refractivity contribution in [1.29, 1.82) is 0 Å². The molecule has 0 unspecified atom stereocenters. The minimum Gasteiger partial charge on any atom is -0.497 e. The van der Waals surface area contributed by atoms with Crippen molar-refractivity contribution in [2.24, 2.45) is 10.9 Å². The molecule has 0 saturated carbocycles. The first-order valence-electron chi connectivity index (χ1n) is 7.46. The van der Waals surface area contributed by atoms with Crippen LogP contribution in [0.2, 0.25) is 0 Å². The van der Waals surface area contributed by atoms with E-state index in [0.717, 1.165) is 5.56 Å². The summed E-state index contributed by atoms with van der Waals surface area (Å²) in [5.41, 5.74) is 6.99. The Labute approximate surface area is 145 Å². The summed E-state index contributed by atoms with van der Waals surface area (Å²) in [7, 11) is 4.63. The largest absolute Gasteiger partial charge is 0.497 e. The molecule has 2 aromatic carbocycles. The second-order valence-corrected chi connectivity index (χ2v) is 5.06. The highest BCUT2D eigenvalue weighted by atomic mass is 16.7. The normalized spacial score (nSPS) is 10.9. The van der Waals surface area contributed by atoms with Crippen LogP contribution >= 0.6 is 0 Å². The van der Waals surface area contributed by atoms with Crippen LogP contribution in [0.4, 0.5) is 0 Å². The summed E-state index contributed by atoms with van der Waals surface area (Å²) in [5.74, 6) is 1.29. The lowest BCUT2D eigenvalue weighted by Crippen LogP contribution is -2.16. The number of rotatable bonds is 7. The Morgan fingerprint density at radius 1 is 1.00 bits per heavy atom. The predicted molar refractivity (Wildman–Crippen MR) is 93.3 cm³/mol. The maximum absolute atomic E-state index is 12.0. The average molecular weight is 344 g/mol. The van der Waals surface area contributed by atoms with Gasteiger partial charge in [-0.15, -0.1) is 0 Å². The van der Waals surface area contributed by atoms with Crippen LogP contribution < -0.4 is 19.9 Å². The highest BCUT2D eigenvalue weighted by Crippen LogP contribution is 2.27. The topological polar surface area (TPSA) is 92.4 Å². The van der Waals surface area contributed by atoms with Gasteiger partial charge < -0.3 is 24.8 Å². The lowest BCUT2D eigenvalue weighted by atomic mass is 10.1. The van der Waals surface area contributed by atoms with E-state index in [9.17, 15) is 4.79 Å². The lowest BCUT2D eigenvalue weighted by Gasteiger charge is -2.09. The van der Waals surface area contributed by atoms with Crippen molar-refractivity contribution in [2.45, 2.75) is 6.42 Å². The summed E-state index contributed by atoms with van der Waals surface area (Å²) < 4.78 is 15.5. The van der Waals surface area contributed by atoms with Crippen molar-refractivity contribution < 1.29 is 23.8 Å². The predicted octanol–water partition coefficient (Wildman–Crippen LogP) is 2.38. The third-order valence-electron chi connectivity index (χ3n) is 3.38. The van der Waals surface area contributed by atoms with Crippen molar-refractivity contribution in [3.63, 3.8) is 0 Å². The van der Waals surface area contributed by atoms with Gasteiger partial charge in [0.2, 0.25) is 0 Å². The standard InChI is InChI=1S/C18H20N2O5/c1-22-14-6-4-5-13(11-14)18(21)25-20-17(19)10-12-7-8-15(23-2)16(9-12)24-3/h4-9,11H,10H2,1-3H3,(H2,19,20). The van der Waals surface area contributed by atoms with Gasteiger partial charge in [0.1, 0.15) is 11.6 Å². The Morgan fingerprint density at radius 3 is 2.44 bits per heavy atom. The van der Waals surface area contributed by atoms with E-state index in [2.05, 4.69) is 5.16 Å². The molecule has 0 aromatic heterocycles. The van der Waals surface area contributed by atoms with Crippen molar-refractivity contribution in [3.05, 3.63) is 53.6 Å². The zero-order chi connectivity index (χ0) is 18.2. The van der Waals surface area contributed by atoms with Crippen LogP contribution in [-0.4, -0.2) is 33.1 Å². The smallest absolute Gasteiger partial charge is 0.365 e. The van der Waals surface area contributed by atoms with Crippen LogP contribution in [-0.2, 0) is 11.3 Å². The van der Waals surface area contributed by atoms with Crippen molar-refractivity contribution in [1.82, 2.24) is 0 Å². The molecule has 7 heteroatoms. The van der Waals surface area contributed by atoms with E-state index in [1.54, 1.807) is 50.6 Å². The quantitative estimate of drug-likeness (QED) is 0.359. The van der Waals surface area contributed by atoms with Crippen LogP contribution in [0.25, 0.3) is 0 Å². The summed E-state index contributed by atoms with van der Waals surface area (Å²) >= 11 is 0. The van der Waals surface area contributed by atoms with Gasteiger partial charge in [-0.3, -0.25) is 0 Å². The number of methoxy groups -OCH3 is 3. The number of ether oxygens (including phenoxy) is 3. The van der Waals surface area contributed by atoms with Gasteiger partial charge in [0.15, 0.2) is 11.5 Å². The van der Waals surface area contributed by atoms with Crippen LogP contribution in [0.15, 0.2) is 47.6 Å². The maximum atomic E-state index is 12.0. The number of hydrogen-bond acceptors (Lipinski definition) is 6. The van der Waals surface area contributed by atoms with Gasteiger partial charge in [0.05, 0.1) is 26.9 Å². The molecule has 0 fully saturated rings. The van der Waals surface area contributed by atoms with Crippen LogP contribution in [0.5, 0.6) is 17.2 Å². The second-order valence-electron chi connectivity index (χ2n) is 5.06. The molecule has 25 heavy (non-hydrogen) atoms. The first-order chi connectivity index (χ1) is 12.1. The fourth-order valence-electron chi connectivity index (χ4n) is 2.13. The number of amidine groups is 1. The first-order valence-corrected chi connectivity index (χ1v) is 7.46. The molecule has 0 aliphatic carbocycles. The van der Waals surface area contributed by atoms with E-state index in [-0.39, 0.29) is 5.84 Å². The monoisotopic (exact) mass is 344 g/mol. The zero-order valence-electron chi connectivity index (χ0n) is 14.3. The lowest BCUT2D eigenvalue weighted by molar-refractivity contribution is 0.0514. The van der Waals surface area contributed by atoms with E-state index < -0.39 is 5.97 Å². The minimum absolute atomic E-state index is 0.156. The molecule has 0 heterocycles. The Hall–Kier alpha value is -3.22. The second kappa shape index (κ2) is 8.58. The van der Waals surface area contributed by atoms with E-state index in [1.807, 2.05) is 6.07 Å². The molecule has 132 valence electrons. The molecular formula is C18H20N2O5.